The maximum absolute atomic E-state index is 8.88. The van der Waals surface area contributed by atoms with Gasteiger partial charge in [-0.05, 0) is 38.0 Å². The first-order valence-corrected chi connectivity index (χ1v) is 5.69. The largest absolute Gasteiger partial charge is 0.494 e. The van der Waals surface area contributed by atoms with Gasteiger partial charge in [-0.2, -0.15) is 5.26 Å². The Kier molecular flexibility index (Phi) is 4.99. The van der Waals surface area contributed by atoms with Gasteiger partial charge in [0.25, 0.3) is 0 Å². The lowest BCUT2D eigenvalue weighted by Gasteiger charge is -2.15. The number of nitriles is 1. The van der Waals surface area contributed by atoms with Crippen LogP contribution in [-0.2, 0) is 11.3 Å². The highest BCUT2D eigenvalue weighted by Gasteiger charge is 2.16. The van der Waals surface area contributed by atoms with Gasteiger partial charge in [-0.15, -0.1) is 0 Å². The number of hydrogen-bond donors (Lipinski definition) is 0. The molecule has 0 saturated heterocycles. The third-order valence-electron chi connectivity index (χ3n) is 2.51. The van der Waals surface area contributed by atoms with E-state index >= 15 is 0 Å². The monoisotopic (exact) mass is 233 g/mol. The smallest absolute Gasteiger partial charge is 0.119 e. The number of ether oxygens (including phenoxy) is 2. The minimum Gasteiger partial charge on any atom is -0.494 e. The summed E-state index contributed by atoms with van der Waals surface area (Å²) in [5.74, 6) is 0.827. The van der Waals surface area contributed by atoms with E-state index in [1.165, 1.54) is 0 Å². The number of rotatable bonds is 6. The quantitative estimate of drug-likeness (QED) is 0.758. The Morgan fingerprint density at radius 1 is 1.35 bits per heavy atom. The van der Waals surface area contributed by atoms with Crippen LogP contribution in [0.2, 0.25) is 0 Å². The molecule has 3 nitrogen and oxygen atoms in total. The highest BCUT2D eigenvalue weighted by Crippen LogP contribution is 2.20. The maximum Gasteiger partial charge on any atom is 0.119 e. The molecule has 0 radical (unpaired) electrons. The molecule has 17 heavy (non-hydrogen) atoms. The Hall–Kier alpha value is -1.53. The first-order valence-electron chi connectivity index (χ1n) is 5.69. The van der Waals surface area contributed by atoms with Crippen molar-refractivity contribution in [1.29, 1.82) is 5.26 Å². The lowest BCUT2D eigenvalue weighted by atomic mass is 9.92. The van der Waals surface area contributed by atoms with Gasteiger partial charge in [0, 0.05) is 7.11 Å². The predicted molar refractivity (Wildman–Crippen MR) is 66.7 cm³/mol. The molecule has 1 aromatic carbocycles. The lowest BCUT2D eigenvalue weighted by Crippen LogP contribution is -2.13. The van der Waals surface area contributed by atoms with Crippen molar-refractivity contribution in [1.82, 2.24) is 0 Å². The molecular formula is C14H19NO2. The van der Waals surface area contributed by atoms with Gasteiger partial charge in [-0.25, -0.2) is 0 Å². The number of hydrogen-bond acceptors (Lipinski definition) is 3. The summed E-state index contributed by atoms with van der Waals surface area (Å²) in [6.45, 7) is 4.97. The standard InChI is InChI=1S/C14H19NO2/c1-14(2,11-15)7-8-17-13-6-4-5-12(9-13)10-16-3/h4-6,9H,7-8,10H2,1-3H3. The van der Waals surface area contributed by atoms with E-state index in [-0.39, 0.29) is 5.41 Å². The molecule has 1 aromatic rings. The van der Waals surface area contributed by atoms with Crippen LogP contribution in [0.25, 0.3) is 0 Å². The molecule has 0 aliphatic carbocycles. The fourth-order valence-electron chi connectivity index (χ4n) is 1.37. The zero-order chi connectivity index (χ0) is 12.7. The number of benzene rings is 1. The topological polar surface area (TPSA) is 42.2 Å². The molecule has 92 valence electrons. The SMILES string of the molecule is COCc1cccc(OCCC(C)(C)C#N)c1. The normalized spacial score (nSPS) is 10.9. The molecule has 0 atom stereocenters. The Labute approximate surface area is 103 Å². The molecule has 0 aliphatic rings. The molecule has 0 saturated carbocycles. The molecule has 0 heterocycles. The van der Waals surface area contributed by atoms with Crippen LogP contribution in [0.3, 0.4) is 0 Å². The second-order valence-corrected chi connectivity index (χ2v) is 4.67. The van der Waals surface area contributed by atoms with Crippen molar-refractivity contribution < 1.29 is 9.47 Å². The summed E-state index contributed by atoms with van der Waals surface area (Å²) in [5.41, 5.74) is 0.758. The summed E-state index contributed by atoms with van der Waals surface area (Å²) >= 11 is 0. The van der Waals surface area contributed by atoms with E-state index in [4.69, 9.17) is 14.7 Å². The van der Waals surface area contributed by atoms with Crippen molar-refractivity contribution in [3.63, 3.8) is 0 Å². The number of methoxy groups -OCH3 is 1. The van der Waals surface area contributed by atoms with Crippen LogP contribution in [0.1, 0.15) is 25.8 Å². The van der Waals surface area contributed by atoms with E-state index in [0.717, 1.165) is 17.7 Å². The molecule has 3 heteroatoms. The van der Waals surface area contributed by atoms with Gasteiger partial charge in [0.15, 0.2) is 0 Å². The zero-order valence-electron chi connectivity index (χ0n) is 10.7. The van der Waals surface area contributed by atoms with E-state index < -0.39 is 0 Å². The zero-order valence-corrected chi connectivity index (χ0v) is 10.7. The van der Waals surface area contributed by atoms with Crippen LogP contribution in [0, 0.1) is 16.7 Å². The van der Waals surface area contributed by atoms with Crippen LogP contribution in [-0.4, -0.2) is 13.7 Å². The Balaban J connectivity index is 2.47. The van der Waals surface area contributed by atoms with Crippen LogP contribution in [0.15, 0.2) is 24.3 Å². The summed E-state index contributed by atoms with van der Waals surface area (Å²) in [7, 11) is 1.67. The molecule has 1 rings (SSSR count). The second-order valence-electron chi connectivity index (χ2n) is 4.67. The average Bonchev–Trinajstić information content (AvgIpc) is 2.30. The molecule has 0 fully saturated rings. The van der Waals surface area contributed by atoms with Crippen molar-refractivity contribution >= 4 is 0 Å². The van der Waals surface area contributed by atoms with E-state index in [9.17, 15) is 0 Å². The third-order valence-corrected chi connectivity index (χ3v) is 2.51. The van der Waals surface area contributed by atoms with Crippen LogP contribution in [0.5, 0.6) is 5.75 Å². The summed E-state index contributed by atoms with van der Waals surface area (Å²) in [5, 5.41) is 8.88. The lowest BCUT2D eigenvalue weighted by molar-refractivity contribution is 0.184. The molecule has 0 N–H and O–H groups in total. The molecule has 0 aliphatic heterocycles. The van der Waals surface area contributed by atoms with Gasteiger partial charge < -0.3 is 9.47 Å². The fraction of sp³-hybridized carbons (Fsp3) is 0.500. The fourth-order valence-corrected chi connectivity index (χ4v) is 1.37. The maximum atomic E-state index is 8.88. The molecular weight excluding hydrogens is 214 g/mol. The Bertz CT molecular complexity index is 393. The van der Waals surface area contributed by atoms with Crippen LogP contribution >= 0.6 is 0 Å². The van der Waals surface area contributed by atoms with Crippen LogP contribution in [0.4, 0.5) is 0 Å². The van der Waals surface area contributed by atoms with Crippen molar-refractivity contribution in [3.8, 4) is 11.8 Å². The summed E-state index contributed by atoms with van der Waals surface area (Å²) in [4.78, 5) is 0. The highest BCUT2D eigenvalue weighted by molar-refractivity contribution is 5.28. The van der Waals surface area contributed by atoms with Gasteiger partial charge >= 0.3 is 0 Å². The van der Waals surface area contributed by atoms with Gasteiger partial charge in [0.2, 0.25) is 0 Å². The van der Waals surface area contributed by atoms with Gasteiger partial charge in [-0.3, -0.25) is 0 Å². The molecule has 0 unspecified atom stereocenters. The third kappa shape index (κ3) is 4.88. The summed E-state index contributed by atoms with van der Waals surface area (Å²) in [6.07, 6.45) is 0.720. The minimum atomic E-state index is -0.329. The Morgan fingerprint density at radius 3 is 2.76 bits per heavy atom. The summed E-state index contributed by atoms with van der Waals surface area (Å²) < 4.78 is 10.7. The van der Waals surface area contributed by atoms with Crippen molar-refractivity contribution in [2.24, 2.45) is 5.41 Å². The van der Waals surface area contributed by atoms with E-state index in [0.29, 0.717) is 13.2 Å². The molecule has 0 amide bonds. The van der Waals surface area contributed by atoms with Gasteiger partial charge in [-0.1, -0.05) is 12.1 Å². The first kappa shape index (κ1) is 13.5. The summed E-state index contributed by atoms with van der Waals surface area (Å²) in [6, 6.07) is 10.1. The van der Waals surface area contributed by atoms with Crippen molar-refractivity contribution in [2.45, 2.75) is 26.9 Å². The van der Waals surface area contributed by atoms with Crippen molar-refractivity contribution in [2.75, 3.05) is 13.7 Å². The second kappa shape index (κ2) is 6.27. The minimum absolute atomic E-state index is 0.329. The van der Waals surface area contributed by atoms with Gasteiger partial charge in [0.1, 0.15) is 5.75 Å². The van der Waals surface area contributed by atoms with Gasteiger partial charge in [0.05, 0.1) is 24.7 Å². The van der Waals surface area contributed by atoms with E-state index in [2.05, 4.69) is 6.07 Å². The number of nitrogens with zero attached hydrogens (tertiary/aromatic N) is 1. The van der Waals surface area contributed by atoms with E-state index in [1.54, 1.807) is 7.11 Å². The van der Waals surface area contributed by atoms with E-state index in [1.807, 2.05) is 38.1 Å². The average molecular weight is 233 g/mol. The highest BCUT2D eigenvalue weighted by atomic mass is 16.5. The molecule has 0 spiro atoms. The molecule has 0 aromatic heterocycles. The first-order chi connectivity index (χ1) is 8.07. The van der Waals surface area contributed by atoms with Crippen LogP contribution < -0.4 is 4.74 Å². The molecule has 0 bridgehead atoms. The Morgan fingerprint density at radius 2 is 2.12 bits per heavy atom. The predicted octanol–water partition coefficient (Wildman–Crippen LogP) is 3.15. The van der Waals surface area contributed by atoms with Crippen molar-refractivity contribution in [3.05, 3.63) is 29.8 Å².